The molecular formula is C14H20N2O4. The van der Waals surface area contributed by atoms with Crippen LogP contribution in [0.4, 0.5) is 5.69 Å². The summed E-state index contributed by atoms with van der Waals surface area (Å²) in [7, 11) is 0. The predicted octanol–water partition coefficient (Wildman–Crippen LogP) is 2.19. The first-order chi connectivity index (χ1) is 9.57. The number of hydrogen-bond acceptors (Lipinski definition) is 4. The fourth-order valence-corrected chi connectivity index (χ4v) is 1.98. The Labute approximate surface area is 118 Å². The largest absolute Gasteiger partial charge is 0.396 e. The zero-order valence-corrected chi connectivity index (χ0v) is 11.6. The van der Waals surface area contributed by atoms with Gasteiger partial charge < -0.3 is 10.4 Å². The van der Waals surface area contributed by atoms with Gasteiger partial charge in [0.2, 0.25) is 0 Å². The number of aryl methyl sites for hydroxylation is 1. The van der Waals surface area contributed by atoms with Gasteiger partial charge >= 0.3 is 0 Å². The summed E-state index contributed by atoms with van der Waals surface area (Å²) in [5.74, 6) is -0.406. The van der Waals surface area contributed by atoms with Crippen LogP contribution in [0.1, 0.15) is 41.6 Å². The van der Waals surface area contributed by atoms with E-state index in [1.54, 1.807) is 19.1 Å². The summed E-state index contributed by atoms with van der Waals surface area (Å²) in [6.45, 7) is 2.35. The number of carbonyl (C=O) groups excluding carboxylic acids is 1. The van der Waals surface area contributed by atoms with Gasteiger partial charge in [0.05, 0.1) is 4.92 Å². The van der Waals surface area contributed by atoms with Crippen LogP contribution in [0.25, 0.3) is 0 Å². The van der Waals surface area contributed by atoms with Crippen LogP contribution in [-0.4, -0.2) is 29.1 Å². The molecule has 1 aromatic carbocycles. The van der Waals surface area contributed by atoms with Gasteiger partial charge in [-0.15, -0.1) is 0 Å². The number of nitro groups is 1. The maximum Gasteiger partial charge on any atom is 0.282 e. The lowest BCUT2D eigenvalue weighted by Gasteiger charge is -2.08. The highest BCUT2D eigenvalue weighted by Crippen LogP contribution is 2.21. The van der Waals surface area contributed by atoms with Gasteiger partial charge in [0.15, 0.2) is 0 Å². The van der Waals surface area contributed by atoms with E-state index in [1.165, 1.54) is 6.07 Å². The highest BCUT2D eigenvalue weighted by Gasteiger charge is 2.21. The first-order valence-corrected chi connectivity index (χ1v) is 6.71. The maximum atomic E-state index is 12.0. The first kappa shape index (κ1) is 16.1. The molecule has 0 fully saturated rings. The molecule has 6 heteroatoms. The molecule has 1 amide bonds. The Morgan fingerprint density at radius 1 is 1.30 bits per heavy atom. The molecule has 0 aliphatic heterocycles. The average molecular weight is 280 g/mol. The van der Waals surface area contributed by atoms with E-state index in [0.29, 0.717) is 12.1 Å². The van der Waals surface area contributed by atoms with Crippen LogP contribution in [0.3, 0.4) is 0 Å². The van der Waals surface area contributed by atoms with E-state index in [0.717, 1.165) is 25.7 Å². The van der Waals surface area contributed by atoms with E-state index in [2.05, 4.69) is 5.32 Å². The lowest BCUT2D eigenvalue weighted by atomic mass is 10.1. The summed E-state index contributed by atoms with van der Waals surface area (Å²) in [6.07, 6.45) is 3.39. The van der Waals surface area contributed by atoms with Crippen LogP contribution in [0.5, 0.6) is 0 Å². The topological polar surface area (TPSA) is 92.5 Å². The Morgan fingerprint density at radius 3 is 2.65 bits per heavy atom. The van der Waals surface area contributed by atoms with Crippen LogP contribution in [0, 0.1) is 17.0 Å². The van der Waals surface area contributed by atoms with Crippen molar-refractivity contribution >= 4 is 11.6 Å². The van der Waals surface area contributed by atoms with Crippen molar-refractivity contribution < 1.29 is 14.8 Å². The van der Waals surface area contributed by atoms with Gasteiger partial charge in [-0.2, -0.15) is 0 Å². The van der Waals surface area contributed by atoms with Gasteiger partial charge in [0.25, 0.3) is 11.6 Å². The Morgan fingerprint density at radius 2 is 2.00 bits per heavy atom. The summed E-state index contributed by atoms with van der Waals surface area (Å²) >= 11 is 0. The van der Waals surface area contributed by atoms with Gasteiger partial charge in [0, 0.05) is 19.2 Å². The van der Waals surface area contributed by atoms with Gasteiger partial charge in [-0.3, -0.25) is 14.9 Å². The van der Waals surface area contributed by atoms with E-state index in [4.69, 9.17) is 5.11 Å². The van der Waals surface area contributed by atoms with Crippen molar-refractivity contribution in [1.82, 2.24) is 5.32 Å². The number of aliphatic hydroxyl groups excluding tert-OH is 1. The first-order valence-electron chi connectivity index (χ1n) is 6.71. The molecule has 6 nitrogen and oxygen atoms in total. The number of amides is 1. The van der Waals surface area contributed by atoms with Crippen LogP contribution in [-0.2, 0) is 0 Å². The van der Waals surface area contributed by atoms with Crippen LogP contribution < -0.4 is 5.32 Å². The van der Waals surface area contributed by atoms with Crippen molar-refractivity contribution in [2.24, 2.45) is 0 Å². The number of nitro benzene ring substituents is 1. The average Bonchev–Trinajstić information content (AvgIpc) is 2.42. The molecule has 20 heavy (non-hydrogen) atoms. The molecular weight excluding hydrogens is 260 g/mol. The number of nitrogens with zero attached hydrogens (tertiary/aromatic N) is 1. The third-order valence-electron chi connectivity index (χ3n) is 3.05. The van der Waals surface area contributed by atoms with E-state index < -0.39 is 10.8 Å². The molecule has 0 saturated heterocycles. The van der Waals surface area contributed by atoms with Crippen LogP contribution in [0.2, 0.25) is 0 Å². The number of carbonyl (C=O) groups is 1. The Balaban J connectivity index is 2.57. The molecule has 0 saturated carbocycles. The standard InChI is InChI=1S/C14H20N2O4/c1-11-7-6-8-12(16(19)20)13(11)14(18)15-9-4-2-3-5-10-17/h6-8,17H,2-5,9-10H2,1H3,(H,15,18). The lowest BCUT2D eigenvalue weighted by molar-refractivity contribution is -0.385. The second kappa shape index (κ2) is 8.27. The van der Waals surface area contributed by atoms with Crippen molar-refractivity contribution in [2.75, 3.05) is 13.2 Å². The quantitative estimate of drug-likeness (QED) is 0.433. The fourth-order valence-electron chi connectivity index (χ4n) is 1.98. The summed E-state index contributed by atoms with van der Waals surface area (Å²) in [4.78, 5) is 22.4. The molecule has 2 N–H and O–H groups in total. The highest BCUT2D eigenvalue weighted by molar-refractivity contribution is 5.99. The minimum Gasteiger partial charge on any atom is -0.396 e. The van der Waals surface area contributed by atoms with Crippen molar-refractivity contribution in [3.8, 4) is 0 Å². The molecule has 0 aliphatic carbocycles. The Bertz CT molecular complexity index is 474. The monoisotopic (exact) mass is 280 g/mol. The van der Waals surface area contributed by atoms with E-state index in [-0.39, 0.29) is 17.9 Å². The molecule has 0 aliphatic rings. The van der Waals surface area contributed by atoms with Crippen LogP contribution in [0.15, 0.2) is 18.2 Å². The zero-order chi connectivity index (χ0) is 15.0. The second-order valence-electron chi connectivity index (χ2n) is 4.62. The smallest absolute Gasteiger partial charge is 0.282 e. The van der Waals surface area contributed by atoms with E-state index in [9.17, 15) is 14.9 Å². The molecule has 0 unspecified atom stereocenters. The third kappa shape index (κ3) is 4.62. The Hall–Kier alpha value is -1.95. The number of aliphatic hydroxyl groups is 1. The number of benzene rings is 1. The minimum atomic E-state index is -0.539. The normalized spacial score (nSPS) is 10.3. The van der Waals surface area contributed by atoms with Crippen molar-refractivity contribution in [2.45, 2.75) is 32.6 Å². The zero-order valence-electron chi connectivity index (χ0n) is 11.6. The highest BCUT2D eigenvalue weighted by atomic mass is 16.6. The van der Waals surface area contributed by atoms with Crippen molar-refractivity contribution in [3.05, 3.63) is 39.4 Å². The van der Waals surface area contributed by atoms with E-state index >= 15 is 0 Å². The van der Waals surface area contributed by atoms with Gasteiger partial charge in [-0.1, -0.05) is 25.0 Å². The molecule has 110 valence electrons. The molecule has 0 aromatic heterocycles. The van der Waals surface area contributed by atoms with Gasteiger partial charge in [-0.05, 0) is 25.3 Å². The minimum absolute atomic E-state index is 0.132. The van der Waals surface area contributed by atoms with Crippen LogP contribution >= 0.6 is 0 Å². The van der Waals surface area contributed by atoms with E-state index in [1.807, 2.05) is 0 Å². The molecule has 1 rings (SSSR count). The second-order valence-corrected chi connectivity index (χ2v) is 4.62. The SMILES string of the molecule is Cc1cccc([N+](=O)[O-])c1C(=O)NCCCCCCO. The number of unbranched alkanes of at least 4 members (excludes halogenated alkanes) is 3. The van der Waals surface area contributed by atoms with Crippen molar-refractivity contribution in [1.29, 1.82) is 0 Å². The third-order valence-corrected chi connectivity index (χ3v) is 3.05. The molecule has 0 heterocycles. The Kier molecular flexibility index (Phi) is 6.66. The predicted molar refractivity (Wildman–Crippen MR) is 75.7 cm³/mol. The van der Waals surface area contributed by atoms with Gasteiger partial charge in [0.1, 0.15) is 5.56 Å². The molecule has 1 aromatic rings. The molecule has 0 spiro atoms. The molecule has 0 atom stereocenters. The molecule has 0 radical (unpaired) electrons. The molecule has 0 bridgehead atoms. The summed E-state index contributed by atoms with van der Waals surface area (Å²) in [5, 5.41) is 22.3. The lowest BCUT2D eigenvalue weighted by Crippen LogP contribution is -2.26. The van der Waals surface area contributed by atoms with Crippen molar-refractivity contribution in [3.63, 3.8) is 0 Å². The number of hydrogen-bond donors (Lipinski definition) is 2. The summed E-state index contributed by atoms with van der Waals surface area (Å²) in [6, 6.07) is 4.59. The maximum absolute atomic E-state index is 12.0. The fraction of sp³-hybridized carbons (Fsp3) is 0.500. The summed E-state index contributed by atoms with van der Waals surface area (Å²) < 4.78 is 0. The van der Waals surface area contributed by atoms with Gasteiger partial charge in [-0.25, -0.2) is 0 Å². The number of rotatable bonds is 8. The number of nitrogens with one attached hydrogen (secondary N) is 1. The summed E-state index contributed by atoms with van der Waals surface area (Å²) in [5.41, 5.74) is 0.563.